The minimum absolute atomic E-state index is 0.691. The molecule has 0 saturated heterocycles. The highest BCUT2D eigenvalue weighted by Gasteiger charge is 2.30. The fourth-order valence-electron chi connectivity index (χ4n) is 2.92. The van der Waals surface area contributed by atoms with Crippen LogP contribution < -0.4 is 5.32 Å². The van der Waals surface area contributed by atoms with Crippen molar-refractivity contribution in [2.75, 3.05) is 27.2 Å². The molecule has 2 N–H and O–H groups in total. The first kappa shape index (κ1) is 16.4. The third kappa shape index (κ3) is 5.49. The Morgan fingerprint density at radius 3 is 2.53 bits per heavy atom. The molecule has 0 bridgehead atoms. The summed E-state index contributed by atoms with van der Waals surface area (Å²) in [6.45, 7) is 4.05. The number of carboxylic acids is 1. The smallest absolute Gasteiger partial charge is 0.323 e. The van der Waals surface area contributed by atoms with Crippen LogP contribution in [0.2, 0.25) is 0 Å². The Bertz CT molecular complexity index is 277. The van der Waals surface area contributed by atoms with Crippen molar-refractivity contribution in [2.45, 2.75) is 57.4 Å². The molecule has 0 radical (unpaired) electrons. The van der Waals surface area contributed by atoms with Crippen molar-refractivity contribution in [2.24, 2.45) is 5.92 Å². The van der Waals surface area contributed by atoms with Gasteiger partial charge in [0.25, 0.3) is 0 Å². The van der Waals surface area contributed by atoms with Crippen LogP contribution in [0.3, 0.4) is 0 Å². The molecule has 4 heteroatoms. The van der Waals surface area contributed by atoms with Gasteiger partial charge < -0.3 is 15.3 Å². The van der Waals surface area contributed by atoms with E-state index < -0.39 is 11.5 Å². The molecule has 0 aromatic heterocycles. The van der Waals surface area contributed by atoms with Gasteiger partial charge >= 0.3 is 5.97 Å². The molecule has 1 unspecified atom stereocenters. The lowest BCUT2D eigenvalue weighted by Gasteiger charge is -2.25. The molecule has 0 aromatic carbocycles. The summed E-state index contributed by atoms with van der Waals surface area (Å²) in [5.74, 6) is 0.140. The number of unbranched alkanes of at least 4 members (excludes halogenated alkanes) is 1. The largest absolute Gasteiger partial charge is 0.480 e. The summed E-state index contributed by atoms with van der Waals surface area (Å²) in [4.78, 5) is 13.5. The Hall–Kier alpha value is -0.610. The Morgan fingerprint density at radius 1 is 1.37 bits per heavy atom. The van der Waals surface area contributed by atoms with Gasteiger partial charge in [-0.3, -0.25) is 4.79 Å². The highest BCUT2D eigenvalue weighted by molar-refractivity contribution is 5.78. The third-order valence-corrected chi connectivity index (χ3v) is 4.54. The molecule has 1 aliphatic carbocycles. The Morgan fingerprint density at radius 2 is 2.00 bits per heavy atom. The number of nitrogens with one attached hydrogen (secondary N) is 1. The van der Waals surface area contributed by atoms with Gasteiger partial charge in [0.1, 0.15) is 5.54 Å². The van der Waals surface area contributed by atoms with Crippen LogP contribution in [0.15, 0.2) is 0 Å². The van der Waals surface area contributed by atoms with Crippen LogP contribution in [0.4, 0.5) is 0 Å². The lowest BCUT2D eigenvalue weighted by atomic mass is 9.95. The first-order valence-corrected chi connectivity index (χ1v) is 7.59. The average Bonchev–Trinajstić information content (AvgIpc) is 2.86. The number of rotatable bonds is 9. The standard InChI is InChI=1S/C15H30N2O2/c1-15(16-2,14(18)19)10-6-7-11-17(3)12-13-8-4-5-9-13/h13,16H,4-12H2,1-3H3,(H,18,19). The van der Waals surface area contributed by atoms with Gasteiger partial charge in [0.05, 0.1) is 0 Å². The van der Waals surface area contributed by atoms with E-state index in [9.17, 15) is 4.79 Å². The van der Waals surface area contributed by atoms with Crippen LogP contribution in [-0.4, -0.2) is 48.7 Å². The van der Waals surface area contributed by atoms with Gasteiger partial charge in [-0.05, 0) is 65.6 Å². The molecule has 0 aromatic rings. The van der Waals surface area contributed by atoms with Gasteiger partial charge in [0.15, 0.2) is 0 Å². The van der Waals surface area contributed by atoms with Crippen molar-refractivity contribution in [3.8, 4) is 0 Å². The van der Waals surface area contributed by atoms with Crippen LogP contribution in [0.25, 0.3) is 0 Å². The second kappa shape index (κ2) is 7.85. The Kier molecular flexibility index (Phi) is 6.80. The van der Waals surface area contributed by atoms with Crippen LogP contribution in [-0.2, 0) is 4.79 Å². The molecule has 4 nitrogen and oxygen atoms in total. The number of aliphatic carboxylic acids is 1. The molecule has 1 fully saturated rings. The normalized spacial score (nSPS) is 19.8. The summed E-state index contributed by atoms with van der Waals surface area (Å²) in [5, 5.41) is 12.1. The molecule has 19 heavy (non-hydrogen) atoms. The average molecular weight is 270 g/mol. The zero-order valence-electron chi connectivity index (χ0n) is 12.7. The van der Waals surface area contributed by atoms with Gasteiger partial charge in [-0.1, -0.05) is 12.8 Å². The second-order valence-electron chi connectivity index (χ2n) is 6.26. The van der Waals surface area contributed by atoms with E-state index in [2.05, 4.69) is 17.3 Å². The van der Waals surface area contributed by atoms with E-state index in [0.29, 0.717) is 6.42 Å². The fourth-order valence-corrected chi connectivity index (χ4v) is 2.92. The zero-order valence-corrected chi connectivity index (χ0v) is 12.7. The minimum atomic E-state index is -0.774. The molecular formula is C15H30N2O2. The highest BCUT2D eigenvalue weighted by Crippen LogP contribution is 2.25. The Balaban J connectivity index is 2.13. The summed E-state index contributed by atoms with van der Waals surface area (Å²) in [7, 11) is 3.91. The third-order valence-electron chi connectivity index (χ3n) is 4.54. The summed E-state index contributed by atoms with van der Waals surface area (Å²) in [6.07, 6.45) is 8.31. The summed E-state index contributed by atoms with van der Waals surface area (Å²) in [5.41, 5.74) is -0.774. The maximum absolute atomic E-state index is 11.1. The van der Waals surface area contributed by atoms with E-state index in [1.165, 1.54) is 32.2 Å². The van der Waals surface area contributed by atoms with Gasteiger partial charge in [0, 0.05) is 6.54 Å². The maximum Gasteiger partial charge on any atom is 0.323 e. The van der Waals surface area contributed by atoms with Crippen LogP contribution in [0.5, 0.6) is 0 Å². The molecule has 112 valence electrons. The highest BCUT2D eigenvalue weighted by atomic mass is 16.4. The molecule has 0 aliphatic heterocycles. The minimum Gasteiger partial charge on any atom is -0.480 e. The van der Waals surface area contributed by atoms with E-state index in [0.717, 1.165) is 25.3 Å². The molecule has 1 atom stereocenters. The van der Waals surface area contributed by atoms with Crippen LogP contribution >= 0.6 is 0 Å². The number of likely N-dealkylation sites (N-methyl/N-ethyl adjacent to an activating group) is 1. The predicted octanol–water partition coefficient (Wildman–Crippen LogP) is 2.34. The Labute approximate surface area is 117 Å². The number of carbonyl (C=O) groups is 1. The van der Waals surface area contributed by atoms with E-state index in [1.807, 2.05) is 0 Å². The molecule has 1 aliphatic rings. The van der Waals surface area contributed by atoms with Crippen molar-refractivity contribution in [1.29, 1.82) is 0 Å². The summed E-state index contributed by atoms with van der Waals surface area (Å²) in [6, 6.07) is 0. The first-order valence-electron chi connectivity index (χ1n) is 7.59. The van der Waals surface area contributed by atoms with E-state index in [4.69, 9.17) is 5.11 Å². The lowest BCUT2D eigenvalue weighted by Crippen LogP contribution is -2.47. The molecule has 1 rings (SSSR count). The molecule has 0 spiro atoms. The number of hydrogen-bond donors (Lipinski definition) is 2. The first-order chi connectivity index (χ1) is 8.98. The number of hydrogen-bond acceptors (Lipinski definition) is 3. The van der Waals surface area contributed by atoms with Crippen molar-refractivity contribution < 1.29 is 9.90 Å². The van der Waals surface area contributed by atoms with Gasteiger partial charge in [-0.2, -0.15) is 0 Å². The summed E-state index contributed by atoms with van der Waals surface area (Å²) >= 11 is 0. The van der Waals surface area contributed by atoms with Crippen molar-refractivity contribution in [3.05, 3.63) is 0 Å². The lowest BCUT2D eigenvalue weighted by molar-refractivity contribution is -0.144. The fraction of sp³-hybridized carbons (Fsp3) is 0.933. The van der Waals surface area contributed by atoms with E-state index >= 15 is 0 Å². The van der Waals surface area contributed by atoms with Crippen molar-refractivity contribution in [1.82, 2.24) is 10.2 Å². The van der Waals surface area contributed by atoms with Crippen LogP contribution in [0, 0.1) is 5.92 Å². The van der Waals surface area contributed by atoms with Crippen LogP contribution in [0.1, 0.15) is 51.9 Å². The summed E-state index contributed by atoms with van der Waals surface area (Å²) < 4.78 is 0. The van der Waals surface area contributed by atoms with E-state index in [1.54, 1.807) is 14.0 Å². The molecule has 0 amide bonds. The van der Waals surface area contributed by atoms with Crippen molar-refractivity contribution >= 4 is 5.97 Å². The van der Waals surface area contributed by atoms with E-state index in [-0.39, 0.29) is 0 Å². The molecule has 1 saturated carbocycles. The van der Waals surface area contributed by atoms with Gasteiger partial charge in [-0.15, -0.1) is 0 Å². The predicted molar refractivity (Wildman–Crippen MR) is 78.4 cm³/mol. The monoisotopic (exact) mass is 270 g/mol. The zero-order chi connectivity index (χ0) is 14.3. The quantitative estimate of drug-likeness (QED) is 0.631. The number of carboxylic acid groups (broad SMARTS) is 1. The molecule has 0 heterocycles. The topological polar surface area (TPSA) is 52.6 Å². The number of nitrogens with zero attached hydrogens (tertiary/aromatic N) is 1. The SMILES string of the molecule is CNC(C)(CCCCN(C)CC1CCCC1)C(=O)O. The maximum atomic E-state index is 11.1. The van der Waals surface area contributed by atoms with Gasteiger partial charge in [0.2, 0.25) is 0 Å². The van der Waals surface area contributed by atoms with Gasteiger partial charge in [-0.25, -0.2) is 0 Å². The van der Waals surface area contributed by atoms with Crippen molar-refractivity contribution in [3.63, 3.8) is 0 Å². The molecular weight excluding hydrogens is 240 g/mol. The second-order valence-corrected chi connectivity index (χ2v) is 6.26.